The van der Waals surface area contributed by atoms with Gasteiger partial charge in [0.2, 0.25) is 0 Å². The molecule has 1 atom stereocenters. The molecule has 5 heteroatoms. The van der Waals surface area contributed by atoms with Crippen LogP contribution >= 0.6 is 11.6 Å². The van der Waals surface area contributed by atoms with E-state index in [9.17, 15) is 5.11 Å². The summed E-state index contributed by atoms with van der Waals surface area (Å²) in [4.78, 5) is 0. The van der Waals surface area contributed by atoms with Gasteiger partial charge >= 0.3 is 0 Å². The number of hydrogen-bond acceptors (Lipinski definition) is 4. The first-order valence-electron chi connectivity index (χ1n) is 6.62. The third-order valence-corrected chi connectivity index (χ3v) is 3.14. The van der Waals surface area contributed by atoms with E-state index >= 15 is 0 Å². The highest BCUT2D eigenvalue weighted by molar-refractivity contribution is 6.30. The van der Waals surface area contributed by atoms with Crippen molar-refractivity contribution in [2.45, 2.75) is 6.10 Å². The van der Waals surface area contributed by atoms with Crippen LogP contribution in [0, 0.1) is 0 Å². The van der Waals surface area contributed by atoms with Crippen LogP contribution in [0.4, 0.5) is 5.69 Å². The first-order valence-corrected chi connectivity index (χ1v) is 6.99. The van der Waals surface area contributed by atoms with E-state index in [1.807, 2.05) is 24.3 Å². The van der Waals surface area contributed by atoms with E-state index in [2.05, 4.69) is 5.32 Å². The predicted octanol–water partition coefficient (Wildman–Crippen LogP) is 3.20. The number of aliphatic hydroxyl groups excluding tert-OH is 1. The minimum atomic E-state index is -0.609. The number of ether oxygens (including phenoxy) is 2. The highest BCUT2D eigenvalue weighted by Crippen LogP contribution is 2.16. The van der Waals surface area contributed by atoms with Crippen molar-refractivity contribution in [1.82, 2.24) is 0 Å². The molecule has 0 bridgehead atoms. The van der Waals surface area contributed by atoms with Crippen LogP contribution in [0.3, 0.4) is 0 Å². The van der Waals surface area contributed by atoms with E-state index in [0.717, 1.165) is 11.4 Å². The molecule has 0 amide bonds. The normalized spacial score (nSPS) is 11.8. The lowest BCUT2D eigenvalue weighted by Gasteiger charge is -2.14. The van der Waals surface area contributed by atoms with Crippen LogP contribution in [0.25, 0.3) is 0 Å². The third-order valence-electron chi connectivity index (χ3n) is 2.89. The molecule has 0 aliphatic rings. The molecule has 2 aromatic rings. The molecule has 4 nitrogen and oxygen atoms in total. The lowest BCUT2D eigenvalue weighted by atomic mass is 10.3. The summed E-state index contributed by atoms with van der Waals surface area (Å²) in [5.74, 6) is 1.48. The summed E-state index contributed by atoms with van der Waals surface area (Å²) in [6.07, 6.45) is -0.609. The Morgan fingerprint density at radius 2 is 1.67 bits per heavy atom. The molecule has 0 aliphatic heterocycles. The number of benzene rings is 2. The van der Waals surface area contributed by atoms with E-state index in [1.165, 1.54) is 0 Å². The first kappa shape index (κ1) is 15.5. The third kappa shape index (κ3) is 5.17. The van der Waals surface area contributed by atoms with E-state index in [0.29, 0.717) is 17.3 Å². The minimum Gasteiger partial charge on any atom is -0.497 e. The van der Waals surface area contributed by atoms with Crippen molar-refractivity contribution in [3.63, 3.8) is 0 Å². The predicted molar refractivity (Wildman–Crippen MR) is 84.4 cm³/mol. The van der Waals surface area contributed by atoms with Gasteiger partial charge in [0, 0.05) is 17.3 Å². The quantitative estimate of drug-likeness (QED) is 0.825. The zero-order valence-electron chi connectivity index (χ0n) is 11.8. The molecule has 0 spiro atoms. The van der Waals surface area contributed by atoms with Crippen molar-refractivity contribution in [3.05, 3.63) is 53.6 Å². The van der Waals surface area contributed by atoms with Gasteiger partial charge in [-0.3, -0.25) is 0 Å². The molecule has 0 aliphatic carbocycles. The molecule has 2 aromatic carbocycles. The van der Waals surface area contributed by atoms with Crippen LogP contribution in [-0.4, -0.2) is 31.5 Å². The van der Waals surface area contributed by atoms with Crippen LogP contribution < -0.4 is 14.8 Å². The fourth-order valence-electron chi connectivity index (χ4n) is 1.73. The van der Waals surface area contributed by atoms with Gasteiger partial charge in [-0.2, -0.15) is 0 Å². The van der Waals surface area contributed by atoms with Crippen LogP contribution in [0.1, 0.15) is 0 Å². The van der Waals surface area contributed by atoms with Gasteiger partial charge in [0.25, 0.3) is 0 Å². The standard InChI is InChI=1S/C16H18ClNO3/c1-20-15-8-4-13(5-9-15)18-10-14(19)11-21-16-6-2-12(17)3-7-16/h2-9,14,18-19H,10-11H2,1H3. The fraction of sp³-hybridized carbons (Fsp3) is 0.250. The largest absolute Gasteiger partial charge is 0.497 e. The van der Waals surface area contributed by atoms with Gasteiger partial charge in [-0.05, 0) is 48.5 Å². The van der Waals surface area contributed by atoms with Gasteiger partial charge in [0.15, 0.2) is 0 Å². The SMILES string of the molecule is COc1ccc(NCC(O)COc2ccc(Cl)cc2)cc1. The highest BCUT2D eigenvalue weighted by Gasteiger charge is 2.05. The molecule has 2 rings (SSSR count). The number of methoxy groups -OCH3 is 1. The zero-order chi connectivity index (χ0) is 15.1. The second-order valence-electron chi connectivity index (χ2n) is 4.53. The topological polar surface area (TPSA) is 50.7 Å². The summed E-state index contributed by atoms with van der Waals surface area (Å²) < 4.78 is 10.6. The Labute approximate surface area is 129 Å². The molecule has 0 saturated heterocycles. The number of aliphatic hydroxyl groups is 1. The Balaban J connectivity index is 1.73. The Morgan fingerprint density at radius 3 is 2.29 bits per heavy atom. The molecule has 0 aromatic heterocycles. The van der Waals surface area contributed by atoms with Crippen LogP contribution in [0.5, 0.6) is 11.5 Å². The van der Waals surface area contributed by atoms with Crippen molar-refractivity contribution < 1.29 is 14.6 Å². The molecule has 0 fully saturated rings. The molecule has 112 valence electrons. The lowest BCUT2D eigenvalue weighted by Crippen LogP contribution is -2.26. The molecular weight excluding hydrogens is 290 g/mol. The molecular formula is C16H18ClNO3. The van der Waals surface area contributed by atoms with Gasteiger partial charge in [-0.15, -0.1) is 0 Å². The maximum absolute atomic E-state index is 9.89. The Bertz CT molecular complexity index is 542. The van der Waals surface area contributed by atoms with E-state index in [-0.39, 0.29) is 6.61 Å². The summed E-state index contributed by atoms with van der Waals surface area (Å²) in [6, 6.07) is 14.5. The first-order chi connectivity index (χ1) is 10.2. The number of halogens is 1. The Hall–Kier alpha value is -1.91. The summed E-state index contributed by atoms with van der Waals surface area (Å²) in [7, 11) is 1.63. The van der Waals surface area contributed by atoms with Crippen molar-refractivity contribution in [1.29, 1.82) is 0 Å². The fourth-order valence-corrected chi connectivity index (χ4v) is 1.85. The summed E-state index contributed by atoms with van der Waals surface area (Å²) >= 11 is 5.79. The lowest BCUT2D eigenvalue weighted by molar-refractivity contribution is 0.117. The van der Waals surface area contributed by atoms with Crippen molar-refractivity contribution in [2.24, 2.45) is 0 Å². The highest BCUT2D eigenvalue weighted by atomic mass is 35.5. The Morgan fingerprint density at radius 1 is 1.05 bits per heavy atom. The van der Waals surface area contributed by atoms with E-state index < -0.39 is 6.10 Å². The van der Waals surface area contributed by atoms with Gasteiger partial charge in [-0.25, -0.2) is 0 Å². The molecule has 2 N–H and O–H groups in total. The van der Waals surface area contributed by atoms with Gasteiger partial charge in [0.05, 0.1) is 7.11 Å². The molecule has 1 unspecified atom stereocenters. The van der Waals surface area contributed by atoms with Crippen LogP contribution in [0.2, 0.25) is 5.02 Å². The second kappa shape index (κ2) is 7.76. The smallest absolute Gasteiger partial charge is 0.119 e. The maximum atomic E-state index is 9.89. The Kier molecular flexibility index (Phi) is 5.72. The molecule has 0 heterocycles. The van der Waals surface area contributed by atoms with Gasteiger partial charge in [-0.1, -0.05) is 11.6 Å². The number of nitrogens with one attached hydrogen (secondary N) is 1. The minimum absolute atomic E-state index is 0.213. The zero-order valence-corrected chi connectivity index (χ0v) is 12.5. The number of anilines is 1. The molecule has 0 radical (unpaired) electrons. The van der Waals surface area contributed by atoms with Crippen molar-refractivity contribution >= 4 is 17.3 Å². The molecule has 21 heavy (non-hydrogen) atoms. The summed E-state index contributed by atoms with van der Waals surface area (Å²) in [5, 5.41) is 13.7. The summed E-state index contributed by atoms with van der Waals surface area (Å²) in [5.41, 5.74) is 0.918. The maximum Gasteiger partial charge on any atom is 0.119 e. The van der Waals surface area contributed by atoms with E-state index in [1.54, 1.807) is 31.4 Å². The number of rotatable bonds is 7. The van der Waals surface area contributed by atoms with Gasteiger partial charge < -0.3 is 19.9 Å². The van der Waals surface area contributed by atoms with Crippen molar-refractivity contribution in [3.8, 4) is 11.5 Å². The summed E-state index contributed by atoms with van der Waals surface area (Å²) in [6.45, 7) is 0.616. The van der Waals surface area contributed by atoms with E-state index in [4.69, 9.17) is 21.1 Å². The second-order valence-corrected chi connectivity index (χ2v) is 4.96. The average Bonchev–Trinajstić information content (AvgIpc) is 2.53. The van der Waals surface area contributed by atoms with Gasteiger partial charge in [0.1, 0.15) is 24.2 Å². The van der Waals surface area contributed by atoms with Crippen molar-refractivity contribution in [2.75, 3.05) is 25.6 Å². The van der Waals surface area contributed by atoms with Crippen LogP contribution in [0.15, 0.2) is 48.5 Å². The number of hydrogen-bond donors (Lipinski definition) is 2. The average molecular weight is 308 g/mol. The molecule has 0 saturated carbocycles. The monoisotopic (exact) mass is 307 g/mol. The van der Waals surface area contributed by atoms with Crippen LogP contribution in [-0.2, 0) is 0 Å².